The number of benzene rings is 2. The van der Waals surface area contributed by atoms with Gasteiger partial charge in [-0.3, -0.25) is 0 Å². The fourth-order valence-corrected chi connectivity index (χ4v) is 2.18. The van der Waals surface area contributed by atoms with Crippen LogP contribution < -0.4 is 19.5 Å². The second-order valence-corrected chi connectivity index (χ2v) is 5.15. The molecule has 0 heterocycles. The van der Waals surface area contributed by atoms with Crippen molar-refractivity contribution in [1.82, 2.24) is 0 Å². The summed E-state index contributed by atoms with van der Waals surface area (Å²) in [6.07, 6.45) is 0. The van der Waals surface area contributed by atoms with Crippen molar-refractivity contribution in [3.8, 4) is 17.2 Å². The first-order valence-corrected chi connectivity index (χ1v) is 7.36. The Bertz CT molecular complexity index is 572. The second kappa shape index (κ2) is 7.78. The Morgan fingerprint density at radius 3 is 2.19 bits per heavy atom. The monoisotopic (exact) mass is 351 g/mol. The molecule has 4 nitrogen and oxygen atoms in total. The van der Waals surface area contributed by atoms with E-state index in [0.717, 1.165) is 27.4 Å². The summed E-state index contributed by atoms with van der Waals surface area (Å²) in [5.74, 6) is 2.46. The smallest absolute Gasteiger partial charge is 0.121 e. The standard InChI is InChI=1S/C16H18BrNO3/c1-19-12-3-5-13(6-4-12)21-10-9-18-16-11-14(20-2)7-8-15(16)17/h3-8,11,18H,9-10H2,1-2H3. The van der Waals surface area contributed by atoms with Gasteiger partial charge in [-0.25, -0.2) is 0 Å². The SMILES string of the molecule is COc1ccc(OCCNc2cc(OC)ccc2Br)cc1. The lowest BCUT2D eigenvalue weighted by Gasteiger charge is -2.11. The van der Waals surface area contributed by atoms with E-state index in [0.29, 0.717) is 13.2 Å². The van der Waals surface area contributed by atoms with E-state index in [4.69, 9.17) is 14.2 Å². The summed E-state index contributed by atoms with van der Waals surface area (Å²) in [5.41, 5.74) is 0.979. The van der Waals surface area contributed by atoms with Gasteiger partial charge in [0.1, 0.15) is 23.9 Å². The molecule has 0 fully saturated rings. The van der Waals surface area contributed by atoms with E-state index in [1.54, 1.807) is 14.2 Å². The third-order valence-electron chi connectivity index (χ3n) is 2.92. The number of ether oxygens (including phenoxy) is 3. The van der Waals surface area contributed by atoms with Gasteiger partial charge in [0.05, 0.1) is 19.9 Å². The molecule has 0 unspecified atom stereocenters. The third-order valence-corrected chi connectivity index (χ3v) is 3.61. The fourth-order valence-electron chi connectivity index (χ4n) is 1.79. The summed E-state index contributed by atoms with van der Waals surface area (Å²) >= 11 is 3.50. The Morgan fingerprint density at radius 2 is 1.52 bits per heavy atom. The number of halogens is 1. The summed E-state index contributed by atoms with van der Waals surface area (Å²) in [6.45, 7) is 1.26. The van der Waals surface area contributed by atoms with Gasteiger partial charge in [-0.05, 0) is 52.3 Å². The summed E-state index contributed by atoms with van der Waals surface area (Å²) in [4.78, 5) is 0. The predicted octanol–water partition coefficient (Wildman–Crippen LogP) is 3.96. The van der Waals surface area contributed by atoms with Gasteiger partial charge in [0, 0.05) is 17.1 Å². The van der Waals surface area contributed by atoms with Crippen LogP contribution in [0.3, 0.4) is 0 Å². The van der Waals surface area contributed by atoms with Crippen LogP contribution in [0.5, 0.6) is 17.2 Å². The van der Waals surface area contributed by atoms with Crippen molar-refractivity contribution in [2.75, 3.05) is 32.7 Å². The number of rotatable bonds is 7. The predicted molar refractivity (Wildman–Crippen MR) is 87.7 cm³/mol. The number of hydrogen-bond acceptors (Lipinski definition) is 4. The molecule has 0 aliphatic heterocycles. The molecule has 0 aromatic heterocycles. The Morgan fingerprint density at radius 1 is 0.905 bits per heavy atom. The van der Waals surface area contributed by atoms with Gasteiger partial charge in [-0.1, -0.05) is 0 Å². The molecule has 0 saturated carbocycles. The van der Waals surface area contributed by atoms with E-state index >= 15 is 0 Å². The van der Waals surface area contributed by atoms with Gasteiger partial charge >= 0.3 is 0 Å². The minimum atomic E-state index is 0.565. The van der Waals surface area contributed by atoms with Crippen LogP contribution >= 0.6 is 15.9 Å². The lowest BCUT2D eigenvalue weighted by molar-refractivity contribution is 0.331. The van der Waals surface area contributed by atoms with E-state index in [-0.39, 0.29) is 0 Å². The molecule has 1 N–H and O–H groups in total. The van der Waals surface area contributed by atoms with Gasteiger partial charge < -0.3 is 19.5 Å². The third kappa shape index (κ3) is 4.56. The topological polar surface area (TPSA) is 39.7 Å². The molecule has 112 valence electrons. The zero-order valence-electron chi connectivity index (χ0n) is 12.1. The van der Waals surface area contributed by atoms with Crippen molar-refractivity contribution in [1.29, 1.82) is 0 Å². The molecule has 5 heteroatoms. The highest BCUT2D eigenvalue weighted by atomic mass is 79.9. The lowest BCUT2D eigenvalue weighted by atomic mass is 10.3. The van der Waals surface area contributed by atoms with Crippen molar-refractivity contribution < 1.29 is 14.2 Å². The maximum Gasteiger partial charge on any atom is 0.121 e. The first-order chi connectivity index (χ1) is 10.2. The molecular weight excluding hydrogens is 334 g/mol. The number of hydrogen-bond donors (Lipinski definition) is 1. The highest BCUT2D eigenvalue weighted by Gasteiger charge is 2.01. The van der Waals surface area contributed by atoms with Gasteiger partial charge in [0.15, 0.2) is 0 Å². The van der Waals surface area contributed by atoms with Crippen LogP contribution in [0.15, 0.2) is 46.9 Å². The molecule has 21 heavy (non-hydrogen) atoms. The second-order valence-electron chi connectivity index (χ2n) is 4.30. The van der Waals surface area contributed by atoms with Crippen LogP contribution in [-0.2, 0) is 0 Å². The first-order valence-electron chi connectivity index (χ1n) is 6.57. The van der Waals surface area contributed by atoms with Gasteiger partial charge in [0.25, 0.3) is 0 Å². The Balaban J connectivity index is 1.81. The molecule has 0 bridgehead atoms. The van der Waals surface area contributed by atoms with Gasteiger partial charge in [-0.15, -0.1) is 0 Å². The molecule has 0 spiro atoms. The van der Waals surface area contributed by atoms with E-state index < -0.39 is 0 Å². The van der Waals surface area contributed by atoms with Crippen LogP contribution in [0, 0.1) is 0 Å². The number of anilines is 1. The van der Waals surface area contributed by atoms with Crippen molar-refractivity contribution in [3.05, 3.63) is 46.9 Å². The molecule has 0 radical (unpaired) electrons. The van der Waals surface area contributed by atoms with Crippen LogP contribution in [-0.4, -0.2) is 27.4 Å². The molecule has 0 saturated heterocycles. The van der Waals surface area contributed by atoms with Crippen molar-refractivity contribution in [2.24, 2.45) is 0 Å². The minimum Gasteiger partial charge on any atom is -0.497 e. The normalized spacial score (nSPS) is 10.0. The van der Waals surface area contributed by atoms with Crippen LogP contribution in [0.2, 0.25) is 0 Å². The molecule has 0 atom stereocenters. The average Bonchev–Trinajstić information content (AvgIpc) is 2.53. The number of nitrogens with one attached hydrogen (secondary N) is 1. The van der Waals surface area contributed by atoms with Gasteiger partial charge in [-0.2, -0.15) is 0 Å². The maximum atomic E-state index is 5.66. The van der Waals surface area contributed by atoms with Crippen molar-refractivity contribution in [2.45, 2.75) is 0 Å². The summed E-state index contributed by atoms with van der Waals surface area (Å²) in [6, 6.07) is 13.3. The molecule has 0 amide bonds. The Labute approximate surface area is 133 Å². The van der Waals surface area contributed by atoms with Crippen LogP contribution in [0.1, 0.15) is 0 Å². The Hall–Kier alpha value is -1.88. The molecule has 2 aromatic carbocycles. The summed E-state index contributed by atoms with van der Waals surface area (Å²) < 4.78 is 17.0. The Kier molecular flexibility index (Phi) is 5.75. The summed E-state index contributed by atoms with van der Waals surface area (Å²) in [5, 5.41) is 3.30. The fraction of sp³-hybridized carbons (Fsp3) is 0.250. The zero-order chi connectivity index (χ0) is 15.1. The van der Waals surface area contributed by atoms with Crippen molar-refractivity contribution in [3.63, 3.8) is 0 Å². The van der Waals surface area contributed by atoms with Crippen LogP contribution in [0.4, 0.5) is 5.69 Å². The highest BCUT2D eigenvalue weighted by Crippen LogP contribution is 2.26. The zero-order valence-corrected chi connectivity index (χ0v) is 13.6. The van der Waals surface area contributed by atoms with Crippen LogP contribution in [0.25, 0.3) is 0 Å². The lowest BCUT2D eigenvalue weighted by Crippen LogP contribution is -2.11. The minimum absolute atomic E-state index is 0.565. The van der Waals surface area contributed by atoms with E-state index in [1.807, 2.05) is 42.5 Å². The van der Waals surface area contributed by atoms with E-state index in [2.05, 4.69) is 21.2 Å². The van der Waals surface area contributed by atoms with E-state index in [1.165, 1.54) is 0 Å². The number of methoxy groups -OCH3 is 2. The molecule has 2 aromatic rings. The molecule has 0 aliphatic rings. The molecular formula is C16H18BrNO3. The molecule has 2 rings (SSSR count). The quantitative estimate of drug-likeness (QED) is 0.766. The highest BCUT2D eigenvalue weighted by molar-refractivity contribution is 9.10. The summed E-state index contributed by atoms with van der Waals surface area (Å²) in [7, 11) is 3.30. The van der Waals surface area contributed by atoms with Crippen molar-refractivity contribution >= 4 is 21.6 Å². The van der Waals surface area contributed by atoms with E-state index in [9.17, 15) is 0 Å². The first kappa shape index (κ1) is 15.5. The largest absolute Gasteiger partial charge is 0.497 e. The molecule has 0 aliphatic carbocycles. The maximum absolute atomic E-state index is 5.66. The van der Waals surface area contributed by atoms with Gasteiger partial charge in [0.2, 0.25) is 0 Å². The average molecular weight is 352 g/mol.